The van der Waals surface area contributed by atoms with E-state index in [0.717, 1.165) is 0 Å². The Hall–Kier alpha value is -2.75. The summed E-state index contributed by atoms with van der Waals surface area (Å²) in [6.07, 6.45) is 2.14. The molecule has 1 saturated heterocycles. The molecule has 1 fully saturated rings. The summed E-state index contributed by atoms with van der Waals surface area (Å²) in [5.41, 5.74) is 5.49. The molecule has 10 heteroatoms. The van der Waals surface area contributed by atoms with E-state index in [1.54, 1.807) is 42.0 Å². The molecule has 0 bridgehead atoms. The highest BCUT2D eigenvalue weighted by Gasteiger charge is 2.46. The van der Waals surface area contributed by atoms with E-state index in [9.17, 15) is 9.90 Å². The van der Waals surface area contributed by atoms with Gasteiger partial charge < -0.3 is 24.9 Å². The number of halogens is 1. The van der Waals surface area contributed by atoms with Crippen molar-refractivity contribution in [3.63, 3.8) is 0 Å². The van der Waals surface area contributed by atoms with E-state index in [-0.39, 0.29) is 29.8 Å². The number of aliphatic hydroxyl groups is 1. The summed E-state index contributed by atoms with van der Waals surface area (Å²) in [5, 5.41) is 11.2. The van der Waals surface area contributed by atoms with Crippen LogP contribution in [0.2, 0.25) is 5.28 Å². The van der Waals surface area contributed by atoms with E-state index in [0.29, 0.717) is 11.0 Å². The molecule has 9 nitrogen and oxygen atoms in total. The van der Waals surface area contributed by atoms with Crippen LogP contribution in [0.4, 0.5) is 5.82 Å². The van der Waals surface area contributed by atoms with E-state index >= 15 is 0 Å². The minimum atomic E-state index is -1.09. The van der Waals surface area contributed by atoms with Gasteiger partial charge in [0.25, 0.3) is 0 Å². The van der Waals surface area contributed by atoms with E-state index in [4.69, 9.17) is 26.8 Å². The molecule has 0 aromatic carbocycles. The first-order chi connectivity index (χ1) is 13.4. The predicted molar refractivity (Wildman–Crippen MR) is 101 cm³/mol. The molecule has 0 unspecified atom stereocenters. The molecule has 0 aliphatic carbocycles. The number of nitrogens with two attached hydrogens (primary N) is 1. The molecule has 3 aromatic heterocycles. The first kappa shape index (κ1) is 18.6. The highest BCUT2D eigenvalue weighted by molar-refractivity contribution is 6.28. The average Bonchev–Trinajstić information content (AvgIpc) is 3.22. The number of nitrogens with zero attached hydrogens (tertiary/aromatic N) is 4. The maximum Gasteiger partial charge on any atom is 0.357 e. The Morgan fingerprint density at radius 3 is 3.04 bits per heavy atom. The second kappa shape index (κ2) is 7.01. The van der Waals surface area contributed by atoms with Crippen LogP contribution in [0.5, 0.6) is 0 Å². The van der Waals surface area contributed by atoms with Crippen LogP contribution in [0.15, 0.2) is 36.7 Å². The molecular weight excluding hydrogens is 386 g/mol. The lowest BCUT2D eigenvalue weighted by Crippen LogP contribution is -2.41. The summed E-state index contributed by atoms with van der Waals surface area (Å²) >= 11 is 5.92. The molecule has 0 amide bonds. The Bertz CT molecular complexity index is 1030. The number of fused-ring (bicyclic) bond motifs is 1. The van der Waals surface area contributed by atoms with Crippen molar-refractivity contribution in [3.8, 4) is 0 Å². The largest absolute Gasteiger partial charge is 0.458 e. The number of anilines is 1. The monoisotopic (exact) mass is 403 g/mol. The maximum absolute atomic E-state index is 12.1. The molecule has 0 radical (unpaired) electrons. The van der Waals surface area contributed by atoms with E-state index in [1.807, 2.05) is 0 Å². The Balaban J connectivity index is 1.52. The Kier molecular flexibility index (Phi) is 4.66. The van der Waals surface area contributed by atoms with Crippen molar-refractivity contribution in [2.45, 2.75) is 31.3 Å². The summed E-state index contributed by atoms with van der Waals surface area (Å²) in [6.45, 7) is 1.56. The van der Waals surface area contributed by atoms with E-state index in [2.05, 4.69) is 15.0 Å². The van der Waals surface area contributed by atoms with Gasteiger partial charge in [-0.05, 0) is 36.7 Å². The summed E-state index contributed by atoms with van der Waals surface area (Å²) in [4.78, 5) is 24.2. The SMILES string of the molecule is C[C@]1(COC(=O)c2ccccn2)O[C@@H](n2ccc3c(N)nc(Cl)nc32)C[C@@H]1O. The molecule has 3 aromatic rings. The van der Waals surface area contributed by atoms with E-state index < -0.39 is 23.9 Å². The fourth-order valence-electron chi connectivity index (χ4n) is 3.21. The number of esters is 1. The van der Waals surface area contributed by atoms with Gasteiger partial charge in [0.15, 0.2) is 0 Å². The van der Waals surface area contributed by atoms with Crippen LogP contribution in [-0.4, -0.2) is 48.9 Å². The van der Waals surface area contributed by atoms with Crippen LogP contribution in [0.1, 0.15) is 30.1 Å². The molecule has 1 aliphatic heterocycles. The van der Waals surface area contributed by atoms with Gasteiger partial charge in [-0.25, -0.2) is 14.8 Å². The number of carbonyl (C=O) groups excluding carboxylic acids is 1. The lowest BCUT2D eigenvalue weighted by molar-refractivity contribution is -0.117. The summed E-state index contributed by atoms with van der Waals surface area (Å²) in [5.74, 6) is -0.320. The number of nitrogen functional groups attached to an aromatic ring is 1. The third-order valence-corrected chi connectivity index (χ3v) is 4.95. The van der Waals surface area contributed by atoms with Crippen molar-refractivity contribution in [2.75, 3.05) is 12.3 Å². The number of rotatable bonds is 4. The standard InChI is InChI=1S/C18H18ClN5O4/c1-18(9-27-16(26)11-4-2-3-6-21-11)12(25)8-13(28-18)24-7-5-10-14(20)22-17(19)23-15(10)24/h2-7,12-13,25H,8-9H2,1H3,(H2,20,22,23)/t12-,13+,18+/m0/s1. The van der Waals surface area contributed by atoms with Gasteiger partial charge in [0.1, 0.15) is 35.6 Å². The molecule has 3 atom stereocenters. The second-order valence-corrected chi connectivity index (χ2v) is 7.10. The molecule has 1 aliphatic rings. The van der Waals surface area contributed by atoms with Gasteiger partial charge in [-0.2, -0.15) is 4.98 Å². The second-order valence-electron chi connectivity index (χ2n) is 6.77. The van der Waals surface area contributed by atoms with Crippen LogP contribution in [0.25, 0.3) is 11.0 Å². The van der Waals surface area contributed by atoms with Crippen molar-refractivity contribution in [3.05, 3.63) is 47.6 Å². The lowest BCUT2D eigenvalue weighted by atomic mass is 10.0. The van der Waals surface area contributed by atoms with E-state index in [1.165, 1.54) is 6.20 Å². The average molecular weight is 404 g/mol. The van der Waals surface area contributed by atoms with Gasteiger partial charge in [-0.3, -0.25) is 0 Å². The van der Waals surface area contributed by atoms with Gasteiger partial charge in [0.05, 0.1) is 11.5 Å². The Morgan fingerprint density at radius 1 is 1.46 bits per heavy atom. The Morgan fingerprint density at radius 2 is 2.29 bits per heavy atom. The van der Waals surface area contributed by atoms with Crippen LogP contribution in [-0.2, 0) is 9.47 Å². The predicted octanol–water partition coefficient (Wildman–Crippen LogP) is 1.96. The van der Waals surface area contributed by atoms with Gasteiger partial charge >= 0.3 is 5.97 Å². The number of hydrogen-bond donors (Lipinski definition) is 2. The molecular formula is C18H18ClN5O4. The number of carbonyl (C=O) groups is 1. The number of aliphatic hydroxyl groups excluding tert-OH is 1. The molecule has 146 valence electrons. The van der Waals surface area contributed by atoms with Crippen molar-refractivity contribution in [1.82, 2.24) is 19.5 Å². The third-order valence-electron chi connectivity index (χ3n) is 4.78. The Labute approximate surface area is 165 Å². The zero-order valence-electron chi connectivity index (χ0n) is 14.9. The summed E-state index contributed by atoms with van der Waals surface area (Å²) < 4.78 is 13.1. The molecule has 3 N–H and O–H groups in total. The van der Waals surface area contributed by atoms with Crippen molar-refractivity contribution in [1.29, 1.82) is 0 Å². The third kappa shape index (κ3) is 3.28. The van der Waals surface area contributed by atoms with Crippen LogP contribution in [0.3, 0.4) is 0 Å². The minimum Gasteiger partial charge on any atom is -0.458 e. The molecule has 0 saturated carbocycles. The number of aromatic nitrogens is 4. The topological polar surface area (TPSA) is 125 Å². The number of pyridine rings is 1. The fourth-order valence-corrected chi connectivity index (χ4v) is 3.38. The highest BCUT2D eigenvalue weighted by Crippen LogP contribution is 2.39. The van der Waals surface area contributed by atoms with Gasteiger partial charge in [-0.1, -0.05) is 6.07 Å². The lowest BCUT2D eigenvalue weighted by Gasteiger charge is -2.27. The van der Waals surface area contributed by atoms with Gasteiger partial charge in [0, 0.05) is 18.8 Å². The quantitative estimate of drug-likeness (QED) is 0.500. The molecule has 28 heavy (non-hydrogen) atoms. The van der Waals surface area contributed by atoms with Gasteiger partial charge in [0.2, 0.25) is 5.28 Å². The number of hydrogen-bond acceptors (Lipinski definition) is 8. The molecule has 4 heterocycles. The van der Waals surface area contributed by atoms with Crippen molar-refractivity contribution < 1.29 is 19.4 Å². The first-order valence-electron chi connectivity index (χ1n) is 8.61. The zero-order valence-corrected chi connectivity index (χ0v) is 15.7. The van der Waals surface area contributed by atoms with Crippen molar-refractivity contribution in [2.24, 2.45) is 0 Å². The number of ether oxygens (including phenoxy) is 2. The maximum atomic E-state index is 12.1. The molecule has 0 spiro atoms. The smallest absolute Gasteiger partial charge is 0.357 e. The minimum absolute atomic E-state index is 0.0237. The summed E-state index contributed by atoms with van der Waals surface area (Å²) in [7, 11) is 0. The first-order valence-corrected chi connectivity index (χ1v) is 8.99. The van der Waals surface area contributed by atoms with Crippen molar-refractivity contribution >= 4 is 34.4 Å². The van der Waals surface area contributed by atoms with Crippen LogP contribution in [0, 0.1) is 0 Å². The summed E-state index contributed by atoms with van der Waals surface area (Å²) in [6, 6.07) is 6.71. The molecule has 4 rings (SSSR count). The van der Waals surface area contributed by atoms with Crippen LogP contribution >= 0.6 is 11.6 Å². The fraction of sp³-hybridized carbons (Fsp3) is 0.333. The highest BCUT2D eigenvalue weighted by atomic mass is 35.5. The van der Waals surface area contributed by atoms with Crippen LogP contribution < -0.4 is 5.73 Å². The zero-order chi connectivity index (χ0) is 19.9. The van der Waals surface area contributed by atoms with Gasteiger partial charge in [-0.15, -0.1) is 0 Å². The normalized spacial score (nSPS) is 24.5.